The lowest BCUT2D eigenvalue weighted by atomic mass is 9.40. The zero-order valence-electron chi connectivity index (χ0n) is 16.7. The summed E-state index contributed by atoms with van der Waals surface area (Å²) in [4.78, 5) is 38.7. The van der Waals surface area contributed by atoms with E-state index in [4.69, 9.17) is 4.74 Å². The highest BCUT2D eigenvalue weighted by atomic mass is 16.5. The van der Waals surface area contributed by atoms with E-state index < -0.39 is 16.2 Å². The Morgan fingerprint density at radius 1 is 1.00 bits per heavy atom. The number of carbonyl (C=O) groups excluding carboxylic acids is 3. The van der Waals surface area contributed by atoms with E-state index in [0.29, 0.717) is 6.61 Å². The summed E-state index contributed by atoms with van der Waals surface area (Å²) in [5, 5.41) is 0. The maximum atomic E-state index is 13.1. The predicted octanol–water partition coefficient (Wildman–Crippen LogP) is 4.10. The number of rotatable bonds is 2. The molecule has 4 aliphatic carbocycles. The summed E-state index contributed by atoms with van der Waals surface area (Å²) in [5.74, 6) is 0.194. The molecule has 0 radical (unpaired) electrons. The molecule has 2 bridgehead atoms. The van der Waals surface area contributed by atoms with Gasteiger partial charge < -0.3 is 4.74 Å². The number of ether oxygens (including phenoxy) is 1. The van der Waals surface area contributed by atoms with E-state index in [0.717, 1.165) is 51.4 Å². The van der Waals surface area contributed by atoms with Gasteiger partial charge in [-0.1, -0.05) is 20.3 Å². The minimum Gasteiger partial charge on any atom is -0.466 e. The van der Waals surface area contributed by atoms with Crippen molar-refractivity contribution >= 4 is 17.5 Å². The largest absolute Gasteiger partial charge is 0.466 e. The first-order chi connectivity index (χ1) is 12.1. The number of Topliss-reactive ketones (excluding diaryl/α,β-unsaturated/α-hetero) is 2. The highest BCUT2D eigenvalue weighted by Gasteiger charge is 2.71. The van der Waals surface area contributed by atoms with Crippen LogP contribution in [0.3, 0.4) is 0 Å². The molecule has 0 heterocycles. The lowest BCUT2D eigenvalue weighted by Crippen LogP contribution is -2.60. The van der Waals surface area contributed by atoms with Gasteiger partial charge in [0.2, 0.25) is 11.6 Å². The Kier molecular flexibility index (Phi) is 3.79. The molecule has 6 atom stereocenters. The Hall–Kier alpha value is -1.19. The van der Waals surface area contributed by atoms with Gasteiger partial charge >= 0.3 is 5.97 Å². The molecule has 26 heavy (non-hydrogen) atoms. The SMILES string of the molecule is CCOC(=O)[C@]1(C)CCC[C@@]2(C)[C@@H]3CC[C@@]4(C)C[C@]3(CC[C@@H]21)C(=O)C4=O. The van der Waals surface area contributed by atoms with Crippen LogP contribution in [0.4, 0.5) is 0 Å². The van der Waals surface area contributed by atoms with Crippen LogP contribution in [0, 0.1) is 33.5 Å². The highest BCUT2D eigenvalue weighted by molar-refractivity contribution is 6.43. The number of esters is 1. The zero-order chi connectivity index (χ0) is 19.0. The quantitative estimate of drug-likeness (QED) is 0.549. The minimum atomic E-state index is -0.461. The monoisotopic (exact) mass is 360 g/mol. The minimum absolute atomic E-state index is 0.0559. The summed E-state index contributed by atoms with van der Waals surface area (Å²) in [6, 6.07) is 0. The topological polar surface area (TPSA) is 60.4 Å². The van der Waals surface area contributed by atoms with Crippen molar-refractivity contribution in [3.05, 3.63) is 0 Å². The van der Waals surface area contributed by atoms with Crippen molar-refractivity contribution in [2.75, 3.05) is 6.61 Å². The molecule has 0 amide bonds. The Morgan fingerprint density at radius 3 is 2.38 bits per heavy atom. The number of fused-ring (bicyclic) bond motifs is 3. The van der Waals surface area contributed by atoms with Crippen molar-refractivity contribution in [1.29, 1.82) is 0 Å². The van der Waals surface area contributed by atoms with E-state index in [-0.39, 0.29) is 34.8 Å². The van der Waals surface area contributed by atoms with E-state index in [9.17, 15) is 14.4 Å². The third-order valence-corrected chi connectivity index (χ3v) is 8.96. The van der Waals surface area contributed by atoms with Crippen molar-refractivity contribution in [2.24, 2.45) is 33.5 Å². The average molecular weight is 360 g/mol. The molecule has 1 spiro atoms. The summed E-state index contributed by atoms with van der Waals surface area (Å²) in [7, 11) is 0. The van der Waals surface area contributed by atoms with Crippen LogP contribution in [0.5, 0.6) is 0 Å². The molecule has 0 saturated heterocycles. The fourth-order valence-corrected chi connectivity index (χ4v) is 7.84. The third-order valence-electron chi connectivity index (χ3n) is 8.96. The van der Waals surface area contributed by atoms with Crippen LogP contribution in [-0.2, 0) is 19.1 Å². The van der Waals surface area contributed by atoms with Gasteiger partial charge in [-0.2, -0.15) is 0 Å². The molecule has 4 fully saturated rings. The first-order valence-corrected chi connectivity index (χ1v) is 10.4. The van der Waals surface area contributed by atoms with Gasteiger partial charge in [0.05, 0.1) is 12.0 Å². The Bertz CT molecular complexity index is 684. The maximum Gasteiger partial charge on any atom is 0.312 e. The second kappa shape index (κ2) is 5.42. The number of carbonyl (C=O) groups is 3. The second-order valence-electron chi connectivity index (χ2n) is 10.2. The molecule has 0 N–H and O–H groups in total. The van der Waals surface area contributed by atoms with Crippen LogP contribution in [0.25, 0.3) is 0 Å². The first-order valence-electron chi connectivity index (χ1n) is 10.4. The standard InChI is InChI=1S/C22H32O4/c1-5-26-18(25)21(4)10-6-9-20(3)14(21)8-12-22-13-19(2,11-7-15(20)22)16(23)17(22)24/h14-15H,5-13H2,1-4H3/t14-,15-,19-,20+,21+,22-/m0/s1. The third kappa shape index (κ3) is 1.99. The summed E-state index contributed by atoms with van der Waals surface area (Å²) in [6.07, 6.45) is 7.05. The molecule has 4 rings (SSSR count). The normalized spacial score (nSPS) is 50.2. The van der Waals surface area contributed by atoms with Crippen LogP contribution in [0.15, 0.2) is 0 Å². The van der Waals surface area contributed by atoms with Crippen molar-refractivity contribution in [3.8, 4) is 0 Å². The smallest absolute Gasteiger partial charge is 0.312 e. The molecule has 4 heteroatoms. The van der Waals surface area contributed by atoms with Crippen molar-refractivity contribution in [3.63, 3.8) is 0 Å². The van der Waals surface area contributed by atoms with Crippen molar-refractivity contribution in [1.82, 2.24) is 0 Å². The van der Waals surface area contributed by atoms with Crippen LogP contribution < -0.4 is 0 Å². The van der Waals surface area contributed by atoms with Crippen LogP contribution in [0.1, 0.15) is 79.1 Å². The van der Waals surface area contributed by atoms with Crippen LogP contribution in [-0.4, -0.2) is 24.1 Å². The van der Waals surface area contributed by atoms with Gasteiger partial charge in [-0.25, -0.2) is 0 Å². The molecule has 0 aromatic heterocycles. The first kappa shape index (κ1) is 18.2. The van der Waals surface area contributed by atoms with Gasteiger partial charge in [0.1, 0.15) is 0 Å². The van der Waals surface area contributed by atoms with Crippen molar-refractivity contribution in [2.45, 2.75) is 79.1 Å². The van der Waals surface area contributed by atoms with E-state index in [1.54, 1.807) is 0 Å². The van der Waals surface area contributed by atoms with E-state index in [2.05, 4.69) is 13.8 Å². The lowest BCUT2D eigenvalue weighted by molar-refractivity contribution is -0.188. The fourth-order valence-electron chi connectivity index (χ4n) is 7.84. The van der Waals surface area contributed by atoms with Crippen molar-refractivity contribution < 1.29 is 19.1 Å². The summed E-state index contributed by atoms with van der Waals surface area (Å²) in [5.41, 5.74) is -1.41. The summed E-state index contributed by atoms with van der Waals surface area (Å²) >= 11 is 0. The van der Waals surface area contributed by atoms with Crippen LogP contribution in [0.2, 0.25) is 0 Å². The van der Waals surface area contributed by atoms with Gasteiger partial charge in [0.15, 0.2) is 0 Å². The second-order valence-corrected chi connectivity index (χ2v) is 10.2. The summed E-state index contributed by atoms with van der Waals surface area (Å²) in [6.45, 7) is 8.66. The Labute approximate surface area is 156 Å². The van der Waals surface area contributed by atoms with Gasteiger partial charge in [-0.3, -0.25) is 14.4 Å². The van der Waals surface area contributed by atoms with E-state index in [1.165, 1.54) is 0 Å². The molecular weight excluding hydrogens is 328 g/mol. The summed E-state index contributed by atoms with van der Waals surface area (Å²) < 4.78 is 5.47. The molecule has 0 unspecified atom stereocenters. The number of hydrogen-bond acceptors (Lipinski definition) is 4. The maximum absolute atomic E-state index is 13.1. The van der Waals surface area contributed by atoms with Gasteiger partial charge in [-0.05, 0) is 76.0 Å². The van der Waals surface area contributed by atoms with Gasteiger partial charge in [0, 0.05) is 10.8 Å². The Morgan fingerprint density at radius 2 is 1.69 bits per heavy atom. The molecule has 4 saturated carbocycles. The van der Waals surface area contributed by atoms with E-state index in [1.807, 2.05) is 13.8 Å². The van der Waals surface area contributed by atoms with Gasteiger partial charge in [0.25, 0.3) is 0 Å². The molecular formula is C22H32O4. The molecule has 0 aliphatic heterocycles. The number of hydrogen-bond donors (Lipinski definition) is 0. The highest BCUT2D eigenvalue weighted by Crippen LogP contribution is 2.72. The predicted molar refractivity (Wildman–Crippen MR) is 97.3 cm³/mol. The zero-order valence-corrected chi connectivity index (χ0v) is 16.7. The van der Waals surface area contributed by atoms with Gasteiger partial charge in [-0.15, -0.1) is 0 Å². The Balaban J connectivity index is 1.75. The molecule has 4 nitrogen and oxygen atoms in total. The van der Waals surface area contributed by atoms with E-state index >= 15 is 0 Å². The lowest BCUT2D eigenvalue weighted by Gasteiger charge is -2.63. The molecule has 4 aliphatic rings. The molecule has 0 aromatic rings. The molecule has 0 aromatic carbocycles. The fraction of sp³-hybridized carbons (Fsp3) is 0.864. The number of ketones is 2. The van der Waals surface area contributed by atoms with Crippen LogP contribution >= 0.6 is 0 Å². The average Bonchev–Trinajstić information content (AvgIpc) is 2.72. The molecule has 144 valence electrons.